The van der Waals surface area contributed by atoms with Crippen LogP contribution in [0.4, 0.5) is 11.4 Å². The SMILES string of the molecule is COC(=O)c1cc(N)ccc1N(C)C(C)C. The van der Waals surface area contributed by atoms with E-state index >= 15 is 0 Å². The average molecular weight is 222 g/mol. The first-order chi connectivity index (χ1) is 7.47. The number of benzene rings is 1. The molecular formula is C12H18N2O2. The third-order valence-corrected chi connectivity index (χ3v) is 2.58. The monoisotopic (exact) mass is 222 g/mol. The predicted octanol–water partition coefficient (Wildman–Crippen LogP) is 1.90. The van der Waals surface area contributed by atoms with Gasteiger partial charge in [0.1, 0.15) is 0 Å². The summed E-state index contributed by atoms with van der Waals surface area (Å²) in [5.74, 6) is -0.366. The summed E-state index contributed by atoms with van der Waals surface area (Å²) in [5, 5.41) is 0. The second kappa shape index (κ2) is 4.88. The van der Waals surface area contributed by atoms with Gasteiger partial charge in [0, 0.05) is 18.8 Å². The van der Waals surface area contributed by atoms with Gasteiger partial charge in [0.25, 0.3) is 0 Å². The fraction of sp³-hybridized carbons (Fsp3) is 0.417. The van der Waals surface area contributed by atoms with E-state index in [0.29, 0.717) is 17.3 Å². The molecule has 0 fully saturated rings. The zero-order valence-corrected chi connectivity index (χ0v) is 10.2. The topological polar surface area (TPSA) is 55.6 Å². The highest BCUT2D eigenvalue weighted by Gasteiger charge is 2.16. The minimum absolute atomic E-state index is 0.298. The van der Waals surface area contributed by atoms with E-state index in [-0.39, 0.29) is 5.97 Å². The number of carbonyl (C=O) groups excluding carboxylic acids is 1. The number of methoxy groups -OCH3 is 1. The molecule has 0 radical (unpaired) electrons. The third kappa shape index (κ3) is 2.45. The van der Waals surface area contributed by atoms with Crippen LogP contribution in [0.15, 0.2) is 18.2 Å². The highest BCUT2D eigenvalue weighted by molar-refractivity contribution is 5.96. The zero-order chi connectivity index (χ0) is 12.3. The molecule has 0 aromatic heterocycles. The van der Waals surface area contributed by atoms with Crippen LogP contribution < -0.4 is 10.6 Å². The van der Waals surface area contributed by atoms with Crippen molar-refractivity contribution in [2.75, 3.05) is 24.8 Å². The fourth-order valence-corrected chi connectivity index (χ4v) is 1.41. The van der Waals surface area contributed by atoms with Gasteiger partial charge in [0.15, 0.2) is 0 Å². The summed E-state index contributed by atoms with van der Waals surface area (Å²) in [5.41, 5.74) is 7.56. The van der Waals surface area contributed by atoms with Gasteiger partial charge >= 0.3 is 5.97 Å². The highest BCUT2D eigenvalue weighted by atomic mass is 16.5. The summed E-state index contributed by atoms with van der Waals surface area (Å²) < 4.78 is 4.74. The Bertz CT molecular complexity index is 389. The van der Waals surface area contributed by atoms with Gasteiger partial charge in [0.05, 0.1) is 18.4 Å². The molecular weight excluding hydrogens is 204 g/mol. The number of nitrogens with two attached hydrogens (primary N) is 1. The number of nitrogen functional groups attached to an aromatic ring is 1. The first-order valence-electron chi connectivity index (χ1n) is 5.18. The minimum Gasteiger partial charge on any atom is -0.465 e. The molecule has 0 aliphatic rings. The molecule has 0 aliphatic heterocycles. The molecule has 0 saturated carbocycles. The zero-order valence-electron chi connectivity index (χ0n) is 10.2. The van der Waals surface area contributed by atoms with Crippen LogP contribution >= 0.6 is 0 Å². The lowest BCUT2D eigenvalue weighted by atomic mass is 10.1. The van der Waals surface area contributed by atoms with Crippen LogP contribution in [-0.4, -0.2) is 26.2 Å². The molecule has 0 atom stereocenters. The van der Waals surface area contributed by atoms with Crippen LogP contribution in [0.3, 0.4) is 0 Å². The van der Waals surface area contributed by atoms with Gasteiger partial charge < -0.3 is 15.4 Å². The first kappa shape index (κ1) is 12.4. The second-order valence-electron chi connectivity index (χ2n) is 3.97. The van der Waals surface area contributed by atoms with Crippen LogP contribution in [0.25, 0.3) is 0 Å². The van der Waals surface area contributed by atoms with E-state index in [2.05, 4.69) is 13.8 Å². The second-order valence-corrected chi connectivity index (χ2v) is 3.97. The number of nitrogens with zero attached hydrogens (tertiary/aromatic N) is 1. The molecule has 2 N–H and O–H groups in total. The van der Waals surface area contributed by atoms with Crippen LogP contribution in [0, 0.1) is 0 Å². The lowest BCUT2D eigenvalue weighted by Gasteiger charge is -2.25. The van der Waals surface area contributed by atoms with Crippen molar-refractivity contribution in [3.63, 3.8) is 0 Å². The van der Waals surface area contributed by atoms with E-state index in [0.717, 1.165) is 5.69 Å². The summed E-state index contributed by atoms with van der Waals surface area (Å²) in [6.45, 7) is 4.11. The Hall–Kier alpha value is -1.71. The van der Waals surface area contributed by atoms with Gasteiger partial charge in [-0.3, -0.25) is 0 Å². The third-order valence-electron chi connectivity index (χ3n) is 2.58. The normalized spacial score (nSPS) is 10.3. The smallest absolute Gasteiger partial charge is 0.340 e. The van der Waals surface area contributed by atoms with Gasteiger partial charge in [-0.25, -0.2) is 4.79 Å². The number of anilines is 2. The first-order valence-corrected chi connectivity index (χ1v) is 5.18. The standard InChI is InChI=1S/C12H18N2O2/c1-8(2)14(3)11-6-5-9(13)7-10(11)12(15)16-4/h5-8H,13H2,1-4H3. The molecule has 0 saturated heterocycles. The Balaban J connectivity index is 3.22. The summed E-state index contributed by atoms with van der Waals surface area (Å²) in [7, 11) is 3.30. The number of hydrogen-bond donors (Lipinski definition) is 1. The highest BCUT2D eigenvalue weighted by Crippen LogP contribution is 2.24. The molecule has 1 aromatic carbocycles. The lowest BCUT2D eigenvalue weighted by molar-refractivity contribution is 0.0601. The molecule has 0 amide bonds. The van der Waals surface area contributed by atoms with E-state index in [1.165, 1.54) is 7.11 Å². The van der Waals surface area contributed by atoms with E-state index < -0.39 is 0 Å². The van der Waals surface area contributed by atoms with Gasteiger partial charge in [-0.2, -0.15) is 0 Å². The van der Waals surface area contributed by atoms with Crippen molar-refractivity contribution in [3.05, 3.63) is 23.8 Å². The molecule has 0 bridgehead atoms. The average Bonchev–Trinajstić information content (AvgIpc) is 2.26. The minimum atomic E-state index is -0.366. The van der Waals surface area contributed by atoms with Gasteiger partial charge in [-0.05, 0) is 32.0 Å². The Morgan fingerprint density at radius 1 is 1.44 bits per heavy atom. The molecule has 4 nitrogen and oxygen atoms in total. The van der Waals surface area contributed by atoms with Crippen LogP contribution in [-0.2, 0) is 4.74 Å². The number of hydrogen-bond acceptors (Lipinski definition) is 4. The van der Waals surface area contributed by atoms with Crippen molar-refractivity contribution in [1.29, 1.82) is 0 Å². The maximum Gasteiger partial charge on any atom is 0.340 e. The summed E-state index contributed by atoms with van der Waals surface area (Å²) in [6, 6.07) is 5.55. The molecule has 0 spiro atoms. The van der Waals surface area contributed by atoms with Crippen molar-refractivity contribution in [2.24, 2.45) is 0 Å². The van der Waals surface area contributed by atoms with Gasteiger partial charge in [0.2, 0.25) is 0 Å². The largest absolute Gasteiger partial charge is 0.465 e. The van der Waals surface area contributed by atoms with Crippen LogP contribution in [0.5, 0.6) is 0 Å². The van der Waals surface area contributed by atoms with Crippen molar-refractivity contribution >= 4 is 17.3 Å². The summed E-state index contributed by atoms with van der Waals surface area (Å²) in [4.78, 5) is 13.6. The quantitative estimate of drug-likeness (QED) is 0.627. The van der Waals surface area contributed by atoms with Gasteiger partial charge in [-0.1, -0.05) is 0 Å². The van der Waals surface area contributed by atoms with E-state index in [1.54, 1.807) is 12.1 Å². The molecule has 88 valence electrons. The predicted molar refractivity (Wildman–Crippen MR) is 65.7 cm³/mol. The maximum atomic E-state index is 11.6. The Labute approximate surface area is 96.0 Å². The molecule has 0 aliphatic carbocycles. The molecule has 4 heteroatoms. The Kier molecular flexibility index (Phi) is 3.77. The van der Waals surface area contributed by atoms with Gasteiger partial charge in [-0.15, -0.1) is 0 Å². The Morgan fingerprint density at radius 2 is 2.06 bits per heavy atom. The molecule has 16 heavy (non-hydrogen) atoms. The fourth-order valence-electron chi connectivity index (χ4n) is 1.41. The van der Waals surface area contributed by atoms with Crippen molar-refractivity contribution < 1.29 is 9.53 Å². The summed E-state index contributed by atoms with van der Waals surface area (Å²) >= 11 is 0. The Morgan fingerprint density at radius 3 is 2.56 bits per heavy atom. The maximum absolute atomic E-state index is 11.6. The van der Waals surface area contributed by atoms with Crippen LogP contribution in [0.2, 0.25) is 0 Å². The molecule has 1 aromatic rings. The van der Waals surface area contributed by atoms with Crippen molar-refractivity contribution in [2.45, 2.75) is 19.9 Å². The lowest BCUT2D eigenvalue weighted by Crippen LogP contribution is -2.27. The number of ether oxygens (including phenoxy) is 1. The van der Waals surface area contributed by atoms with E-state index in [9.17, 15) is 4.79 Å². The number of esters is 1. The molecule has 1 rings (SSSR count). The van der Waals surface area contributed by atoms with Crippen molar-refractivity contribution in [1.82, 2.24) is 0 Å². The van der Waals surface area contributed by atoms with Crippen LogP contribution in [0.1, 0.15) is 24.2 Å². The summed E-state index contributed by atoms with van der Waals surface area (Å²) in [6.07, 6.45) is 0. The van der Waals surface area contributed by atoms with Crippen molar-refractivity contribution in [3.8, 4) is 0 Å². The molecule has 0 unspecified atom stereocenters. The molecule has 0 heterocycles. The number of carbonyl (C=O) groups is 1. The van der Waals surface area contributed by atoms with E-state index in [1.807, 2.05) is 18.0 Å². The van der Waals surface area contributed by atoms with E-state index in [4.69, 9.17) is 10.5 Å². The number of rotatable bonds is 3.